The van der Waals surface area contributed by atoms with E-state index in [1.54, 1.807) is 0 Å². The summed E-state index contributed by atoms with van der Waals surface area (Å²) in [5.41, 5.74) is 26.5. The molecule has 11 aromatic carbocycles. The first-order chi connectivity index (χ1) is 39.9. The lowest BCUT2D eigenvalue weighted by Crippen LogP contribution is -2.34. The van der Waals surface area contributed by atoms with Gasteiger partial charge in [-0.3, -0.25) is 0 Å². The number of rotatable bonds is 7. The van der Waals surface area contributed by atoms with Crippen LogP contribution in [0, 0.1) is 0 Å². The SMILES string of the molecule is Cn1c(-c2ccc(-c3c(-c4ccccc4)c(N4c5ccccc5C(C)(C)c5ccccc54)c(-c4ccccc4)c(N4c5ccccc5C(C)(C)c5ccccc54)c3N3c4ccccc4C(C)(C)c4ccccc43)cc2)nc2ccccc21. The average Bonchev–Trinajstić information content (AvgIpc) is 2.01. The van der Waals surface area contributed by atoms with E-state index in [-0.39, 0.29) is 16.2 Å². The highest BCUT2D eigenvalue weighted by Crippen LogP contribution is 2.67. The third-order valence-corrected chi connectivity index (χ3v) is 18.3. The summed E-state index contributed by atoms with van der Waals surface area (Å²) in [7, 11) is 2.13. The molecule has 5 heteroatoms. The molecule has 0 aliphatic carbocycles. The minimum atomic E-state index is -0.331. The summed E-state index contributed by atoms with van der Waals surface area (Å²) in [4.78, 5) is 13.2. The molecule has 82 heavy (non-hydrogen) atoms. The van der Waals surface area contributed by atoms with Gasteiger partial charge in [-0.2, -0.15) is 0 Å². The lowest BCUT2D eigenvalue weighted by molar-refractivity contribution is 0.630. The van der Waals surface area contributed by atoms with Crippen molar-refractivity contribution in [3.8, 4) is 44.8 Å². The van der Waals surface area contributed by atoms with Crippen LogP contribution >= 0.6 is 0 Å². The summed E-state index contributed by atoms with van der Waals surface area (Å²) >= 11 is 0. The van der Waals surface area contributed by atoms with E-state index in [4.69, 9.17) is 4.98 Å². The molecule has 0 spiro atoms. The number of nitrogens with zero attached hydrogens (tertiary/aromatic N) is 5. The molecule has 15 rings (SSSR count). The molecular formula is C77H63N5. The maximum atomic E-state index is 5.25. The zero-order valence-corrected chi connectivity index (χ0v) is 47.5. The van der Waals surface area contributed by atoms with Crippen LogP contribution in [0.1, 0.15) is 74.9 Å². The van der Waals surface area contributed by atoms with E-state index in [1.807, 2.05) is 0 Å². The summed E-state index contributed by atoms with van der Waals surface area (Å²) in [6.07, 6.45) is 0. The first-order valence-corrected chi connectivity index (χ1v) is 28.8. The zero-order valence-electron chi connectivity index (χ0n) is 47.5. The summed E-state index contributed by atoms with van der Waals surface area (Å²) < 4.78 is 2.22. The monoisotopic (exact) mass is 1060 g/mol. The lowest BCUT2D eigenvalue weighted by atomic mass is 9.71. The Labute approximate surface area is 481 Å². The number of benzene rings is 11. The minimum absolute atomic E-state index is 0.314. The first kappa shape index (κ1) is 49.3. The Morgan fingerprint density at radius 2 is 0.549 bits per heavy atom. The van der Waals surface area contributed by atoms with E-state index < -0.39 is 0 Å². The van der Waals surface area contributed by atoms with Crippen molar-refractivity contribution < 1.29 is 0 Å². The summed E-state index contributed by atoms with van der Waals surface area (Å²) in [5, 5.41) is 0. The number of anilines is 9. The minimum Gasteiger partial charge on any atom is -0.327 e. The predicted octanol–water partition coefficient (Wildman–Crippen LogP) is 20.6. The molecule has 1 aromatic heterocycles. The summed E-state index contributed by atoms with van der Waals surface area (Å²) in [6, 6.07) is 95.1. The van der Waals surface area contributed by atoms with Gasteiger partial charge in [-0.25, -0.2) is 4.98 Å². The molecule has 0 N–H and O–H groups in total. The first-order valence-electron chi connectivity index (χ1n) is 28.8. The molecule has 3 aliphatic rings. The average molecular weight is 1060 g/mol. The number of aryl methyl sites for hydroxylation is 1. The van der Waals surface area contributed by atoms with Crippen molar-refractivity contribution in [3.63, 3.8) is 0 Å². The highest BCUT2D eigenvalue weighted by Gasteiger charge is 2.46. The van der Waals surface area contributed by atoms with E-state index in [9.17, 15) is 0 Å². The smallest absolute Gasteiger partial charge is 0.140 e. The Morgan fingerprint density at radius 1 is 0.268 bits per heavy atom. The fraction of sp³-hybridized carbons (Fsp3) is 0.130. The highest BCUT2D eigenvalue weighted by atomic mass is 15.2. The second-order valence-corrected chi connectivity index (χ2v) is 23.9. The molecule has 0 saturated heterocycles. The molecule has 3 aliphatic heterocycles. The van der Waals surface area contributed by atoms with Crippen molar-refractivity contribution in [2.75, 3.05) is 14.7 Å². The third-order valence-electron chi connectivity index (χ3n) is 18.3. The quantitative estimate of drug-likeness (QED) is 0.159. The molecule has 0 amide bonds. The van der Waals surface area contributed by atoms with Gasteiger partial charge in [0.15, 0.2) is 0 Å². The second-order valence-electron chi connectivity index (χ2n) is 23.9. The normalized spacial score (nSPS) is 15.0. The van der Waals surface area contributed by atoms with Gasteiger partial charge in [0, 0.05) is 45.5 Å². The molecule has 12 aromatic rings. The van der Waals surface area contributed by atoms with E-state index in [2.05, 4.69) is 323 Å². The van der Waals surface area contributed by atoms with Crippen LogP contribution in [0.2, 0.25) is 0 Å². The largest absolute Gasteiger partial charge is 0.327 e. The summed E-state index contributed by atoms with van der Waals surface area (Å²) in [6.45, 7) is 14.4. The van der Waals surface area contributed by atoms with Crippen molar-refractivity contribution >= 4 is 62.2 Å². The standard InChI is InChI=1S/C77H63N5/c1-75(2)54-32-14-21-39-61(54)80(62-40-22-15-33-55(62)75)71-68(50-28-10-8-11-29-50)69(52-46-48-53(49-47-52)74-78-60-38-20-27-45-67(60)79(74)7)72(81-63-41-23-16-34-56(63)76(3,4)57-35-17-24-42-64(57)81)73(70(71)51-30-12-9-13-31-51)82-65-43-25-18-36-58(65)77(5,6)59-37-19-26-44-66(59)82/h8-49H,1-7H3. The van der Waals surface area contributed by atoms with Crippen LogP contribution in [0.25, 0.3) is 55.8 Å². The Hall–Kier alpha value is -9.71. The van der Waals surface area contributed by atoms with Gasteiger partial charge in [0.1, 0.15) is 5.82 Å². The fourth-order valence-corrected chi connectivity index (χ4v) is 14.3. The Balaban J connectivity index is 1.22. The molecule has 5 nitrogen and oxygen atoms in total. The highest BCUT2D eigenvalue weighted by molar-refractivity contribution is 6.19. The number of fused-ring (bicyclic) bond motifs is 7. The molecule has 4 heterocycles. The molecule has 0 bridgehead atoms. The van der Waals surface area contributed by atoms with Gasteiger partial charge < -0.3 is 19.3 Å². The third kappa shape index (κ3) is 7.15. The molecule has 0 atom stereocenters. The fourth-order valence-electron chi connectivity index (χ4n) is 14.3. The second kappa shape index (κ2) is 18.4. The van der Waals surface area contributed by atoms with Crippen LogP contribution in [-0.2, 0) is 23.3 Å². The number of para-hydroxylation sites is 8. The predicted molar refractivity (Wildman–Crippen MR) is 343 cm³/mol. The maximum Gasteiger partial charge on any atom is 0.140 e. The molecule has 0 radical (unpaired) electrons. The van der Waals surface area contributed by atoms with Gasteiger partial charge in [-0.1, -0.05) is 248 Å². The van der Waals surface area contributed by atoms with Crippen molar-refractivity contribution in [1.29, 1.82) is 0 Å². The van der Waals surface area contributed by atoms with Crippen LogP contribution < -0.4 is 14.7 Å². The van der Waals surface area contributed by atoms with Gasteiger partial charge in [0.05, 0.1) is 62.2 Å². The van der Waals surface area contributed by atoms with E-state index in [0.29, 0.717) is 0 Å². The van der Waals surface area contributed by atoms with Gasteiger partial charge in [-0.15, -0.1) is 0 Å². The van der Waals surface area contributed by atoms with Gasteiger partial charge in [0.2, 0.25) is 0 Å². The zero-order chi connectivity index (χ0) is 55.6. The van der Waals surface area contributed by atoms with E-state index in [1.165, 1.54) is 33.4 Å². The molecule has 396 valence electrons. The van der Waals surface area contributed by atoms with Crippen molar-refractivity contribution in [1.82, 2.24) is 9.55 Å². The molecule has 0 fully saturated rings. The van der Waals surface area contributed by atoms with Crippen molar-refractivity contribution in [2.45, 2.75) is 57.8 Å². The van der Waals surface area contributed by atoms with E-state index in [0.717, 1.165) is 107 Å². The van der Waals surface area contributed by atoms with Gasteiger partial charge in [0.25, 0.3) is 0 Å². The maximum absolute atomic E-state index is 5.25. The number of imidazole rings is 1. The van der Waals surface area contributed by atoms with Crippen LogP contribution in [0.15, 0.2) is 255 Å². The lowest BCUT2D eigenvalue weighted by Gasteiger charge is -2.48. The van der Waals surface area contributed by atoms with Crippen LogP contribution in [0.3, 0.4) is 0 Å². The summed E-state index contributed by atoms with van der Waals surface area (Å²) in [5.74, 6) is 0.923. The Kier molecular flexibility index (Phi) is 11.1. The van der Waals surface area contributed by atoms with Crippen LogP contribution in [0.4, 0.5) is 51.2 Å². The van der Waals surface area contributed by atoms with Crippen molar-refractivity contribution in [2.24, 2.45) is 7.05 Å². The number of aromatic nitrogens is 2. The van der Waals surface area contributed by atoms with Gasteiger partial charge in [-0.05, 0) is 98.6 Å². The van der Waals surface area contributed by atoms with Crippen LogP contribution in [-0.4, -0.2) is 9.55 Å². The number of hydrogen-bond donors (Lipinski definition) is 0. The van der Waals surface area contributed by atoms with Gasteiger partial charge >= 0.3 is 0 Å². The topological polar surface area (TPSA) is 27.5 Å². The molecule has 0 unspecified atom stereocenters. The Bertz CT molecular complexity index is 4360. The van der Waals surface area contributed by atoms with Crippen molar-refractivity contribution in [3.05, 3.63) is 288 Å². The molecule has 0 saturated carbocycles. The van der Waals surface area contributed by atoms with E-state index >= 15 is 0 Å². The molecular weight excluding hydrogens is 995 g/mol. The van der Waals surface area contributed by atoms with Crippen LogP contribution in [0.5, 0.6) is 0 Å². The Morgan fingerprint density at radius 3 is 0.939 bits per heavy atom. The number of hydrogen-bond acceptors (Lipinski definition) is 4.